The monoisotopic (exact) mass is 449 g/mol. The molecule has 166 valence electrons. The molecule has 0 atom stereocenters. The topological polar surface area (TPSA) is 120 Å². The molecular formula is C26H19N5O3. The van der Waals surface area contributed by atoms with E-state index in [2.05, 4.69) is 20.5 Å². The van der Waals surface area contributed by atoms with Gasteiger partial charge in [-0.2, -0.15) is 10.4 Å². The van der Waals surface area contributed by atoms with E-state index in [0.29, 0.717) is 22.4 Å². The molecule has 1 aromatic heterocycles. The standard InChI is InChI=1S/C26H19N5O3/c1-17-10-12-20(13-11-17)25(33)34-21-9-5-6-18(14-21)16-28-31-26-29-23(19-7-3-2-4-8-19)22(15-27)24(32)30-26/h2-14,16H,1H3,(H2,29,30,31,32). The van der Waals surface area contributed by atoms with Gasteiger partial charge >= 0.3 is 5.97 Å². The summed E-state index contributed by atoms with van der Waals surface area (Å²) in [5, 5.41) is 13.5. The van der Waals surface area contributed by atoms with Crippen LogP contribution in [0.5, 0.6) is 5.75 Å². The number of anilines is 1. The molecule has 0 aliphatic heterocycles. The molecular weight excluding hydrogens is 430 g/mol. The third kappa shape index (κ3) is 5.23. The summed E-state index contributed by atoms with van der Waals surface area (Å²) in [6.07, 6.45) is 1.49. The van der Waals surface area contributed by atoms with Crippen molar-refractivity contribution in [1.29, 1.82) is 5.26 Å². The van der Waals surface area contributed by atoms with Crippen LogP contribution in [0.3, 0.4) is 0 Å². The number of ether oxygens (including phenoxy) is 1. The summed E-state index contributed by atoms with van der Waals surface area (Å²) in [6, 6.07) is 24.8. The maximum absolute atomic E-state index is 12.3. The van der Waals surface area contributed by atoms with Gasteiger partial charge in [-0.15, -0.1) is 0 Å². The highest BCUT2D eigenvalue weighted by Crippen LogP contribution is 2.19. The third-order valence-electron chi connectivity index (χ3n) is 4.82. The Morgan fingerprint density at radius 3 is 2.59 bits per heavy atom. The van der Waals surface area contributed by atoms with Crippen molar-refractivity contribution in [3.05, 3.63) is 111 Å². The van der Waals surface area contributed by atoms with Crippen LogP contribution >= 0.6 is 0 Å². The van der Waals surface area contributed by atoms with Crippen LogP contribution in [0.4, 0.5) is 5.95 Å². The Labute approximate surface area is 195 Å². The smallest absolute Gasteiger partial charge is 0.343 e. The number of nitrogens with zero attached hydrogens (tertiary/aromatic N) is 3. The molecule has 34 heavy (non-hydrogen) atoms. The number of aromatic amines is 1. The van der Waals surface area contributed by atoms with E-state index in [1.165, 1.54) is 6.21 Å². The molecule has 2 N–H and O–H groups in total. The van der Waals surface area contributed by atoms with Gasteiger partial charge in [-0.05, 0) is 36.8 Å². The van der Waals surface area contributed by atoms with E-state index in [1.54, 1.807) is 60.7 Å². The fourth-order valence-electron chi connectivity index (χ4n) is 3.12. The van der Waals surface area contributed by atoms with Gasteiger partial charge in [-0.3, -0.25) is 9.78 Å². The number of aryl methyl sites for hydroxylation is 1. The van der Waals surface area contributed by atoms with Crippen molar-refractivity contribution in [3.63, 3.8) is 0 Å². The van der Waals surface area contributed by atoms with E-state index in [1.807, 2.05) is 31.2 Å². The van der Waals surface area contributed by atoms with Crippen molar-refractivity contribution >= 4 is 18.1 Å². The molecule has 0 unspecified atom stereocenters. The maximum Gasteiger partial charge on any atom is 0.343 e. The SMILES string of the molecule is Cc1ccc(C(=O)Oc2cccc(C=NNc3nc(-c4ccccc4)c(C#N)c(=O)[nH]3)c2)cc1. The molecule has 0 saturated carbocycles. The lowest BCUT2D eigenvalue weighted by Crippen LogP contribution is -2.16. The first-order valence-electron chi connectivity index (χ1n) is 10.3. The number of rotatable bonds is 6. The van der Waals surface area contributed by atoms with Crippen LogP contribution in [0.2, 0.25) is 0 Å². The maximum atomic E-state index is 12.3. The summed E-state index contributed by atoms with van der Waals surface area (Å²) < 4.78 is 5.44. The van der Waals surface area contributed by atoms with Gasteiger partial charge in [0.2, 0.25) is 5.95 Å². The first-order chi connectivity index (χ1) is 16.5. The highest BCUT2D eigenvalue weighted by atomic mass is 16.5. The van der Waals surface area contributed by atoms with Crippen LogP contribution in [-0.4, -0.2) is 22.2 Å². The van der Waals surface area contributed by atoms with Crippen molar-refractivity contribution < 1.29 is 9.53 Å². The molecule has 0 bridgehead atoms. The molecule has 0 fully saturated rings. The van der Waals surface area contributed by atoms with Gasteiger partial charge < -0.3 is 4.74 Å². The van der Waals surface area contributed by atoms with E-state index in [0.717, 1.165) is 5.56 Å². The number of H-pyrrole nitrogens is 1. The molecule has 0 spiro atoms. The molecule has 8 heteroatoms. The summed E-state index contributed by atoms with van der Waals surface area (Å²) in [5.74, 6) is -0.00753. The molecule has 0 amide bonds. The van der Waals surface area contributed by atoms with Crippen molar-refractivity contribution in [2.24, 2.45) is 5.10 Å². The molecule has 4 aromatic rings. The Morgan fingerprint density at radius 2 is 1.85 bits per heavy atom. The van der Waals surface area contributed by atoms with Crippen molar-refractivity contribution in [1.82, 2.24) is 9.97 Å². The quantitative estimate of drug-likeness (QED) is 0.196. The van der Waals surface area contributed by atoms with Crippen LogP contribution < -0.4 is 15.7 Å². The van der Waals surface area contributed by atoms with Gasteiger partial charge in [0, 0.05) is 5.56 Å². The van der Waals surface area contributed by atoms with Crippen LogP contribution in [0.25, 0.3) is 11.3 Å². The number of hydrazone groups is 1. The number of carbonyl (C=O) groups excluding carboxylic acids is 1. The van der Waals surface area contributed by atoms with Gasteiger partial charge in [0.1, 0.15) is 17.4 Å². The van der Waals surface area contributed by atoms with Gasteiger partial charge in [-0.1, -0.05) is 60.2 Å². The lowest BCUT2D eigenvalue weighted by atomic mass is 10.1. The molecule has 0 saturated heterocycles. The average molecular weight is 449 g/mol. The number of nitrogens with one attached hydrogen (secondary N) is 2. The van der Waals surface area contributed by atoms with Crippen molar-refractivity contribution in [3.8, 4) is 23.1 Å². The molecule has 8 nitrogen and oxygen atoms in total. The highest BCUT2D eigenvalue weighted by Gasteiger charge is 2.13. The Balaban J connectivity index is 1.49. The van der Waals surface area contributed by atoms with E-state index in [-0.39, 0.29) is 17.2 Å². The Morgan fingerprint density at radius 1 is 1.09 bits per heavy atom. The molecule has 4 rings (SSSR count). The van der Waals surface area contributed by atoms with E-state index < -0.39 is 11.5 Å². The van der Waals surface area contributed by atoms with Gasteiger partial charge in [-0.25, -0.2) is 15.2 Å². The Bertz CT molecular complexity index is 1450. The van der Waals surface area contributed by atoms with Gasteiger partial charge in [0.15, 0.2) is 0 Å². The second-order valence-corrected chi connectivity index (χ2v) is 7.31. The zero-order valence-corrected chi connectivity index (χ0v) is 18.1. The first-order valence-corrected chi connectivity index (χ1v) is 10.3. The van der Waals surface area contributed by atoms with Crippen LogP contribution in [0.15, 0.2) is 88.8 Å². The Hall–Kier alpha value is -5.03. The molecule has 0 radical (unpaired) electrons. The van der Waals surface area contributed by atoms with Crippen LogP contribution in [-0.2, 0) is 0 Å². The highest BCUT2D eigenvalue weighted by molar-refractivity contribution is 5.91. The normalized spacial score (nSPS) is 10.6. The average Bonchev–Trinajstić information content (AvgIpc) is 2.85. The fourth-order valence-corrected chi connectivity index (χ4v) is 3.12. The number of carbonyl (C=O) groups is 1. The summed E-state index contributed by atoms with van der Waals surface area (Å²) >= 11 is 0. The number of nitriles is 1. The number of hydrogen-bond acceptors (Lipinski definition) is 7. The summed E-state index contributed by atoms with van der Waals surface area (Å²) in [6.45, 7) is 1.94. The van der Waals surface area contributed by atoms with E-state index in [4.69, 9.17) is 4.74 Å². The van der Waals surface area contributed by atoms with Gasteiger partial charge in [0.05, 0.1) is 17.5 Å². The minimum Gasteiger partial charge on any atom is -0.423 e. The molecule has 0 aliphatic rings. The minimum absolute atomic E-state index is 0.0798. The summed E-state index contributed by atoms with van der Waals surface area (Å²) in [7, 11) is 0. The lowest BCUT2D eigenvalue weighted by molar-refractivity contribution is 0.0735. The zero-order valence-electron chi connectivity index (χ0n) is 18.1. The van der Waals surface area contributed by atoms with E-state index in [9.17, 15) is 14.9 Å². The summed E-state index contributed by atoms with van der Waals surface area (Å²) in [5.41, 5.74) is 5.08. The summed E-state index contributed by atoms with van der Waals surface area (Å²) in [4.78, 5) is 31.5. The second kappa shape index (κ2) is 10.1. The largest absolute Gasteiger partial charge is 0.423 e. The number of esters is 1. The fraction of sp³-hybridized carbons (Fsp3) is 0.0385. The number of hydrogen-bond donors (Lipinski definition) is 2. The first kappa shape index (κ1) is 22.2. The van der Waals surface area contributed by atoms with Crippen molar-refractivity contribution in [2.75, 3.05) is 5.43 Å². The lowest BCUT2D eigenvalue weighted by Gasteiger charge is -2.06. The second-order valence-electron chi connectivity index (χ2n) is 7.31. The number of aromatic nitrogens is 2. The van der Waals surface area contributed by atoms with Crippen LogP contribution in [0, 0.1) is 18.3 Å². The molecule has 3 aromatic carbocycles. The van der Waals surface area contributed by atoms with E-state index >= 15 is 0 Å². The minimum atomic E-state index is -0.570. The van der Waals surface area contributed by atoms with Gasteiger partial charge in [0.25, 0.3) is 5.56 Å². The predicted molar refractivity (Wildman–Crippen MR) is 129 cm³/mol. The third-order valence-corrected chi connectivity index (χ3v) is 4.82. The zero-order chi connectivity index (χ0) is 23.9. The number of benzene rings is 3. The Kier molecular flexibility index (Phi) is 6.56. The predicted octanol–water partition coefficient (Wildman–Crippen LogP) is 4.28. The molecule has 0 aliphatic carbocycles. The van der Waals surface area contributed by atoms with Crippen LogP contribution in [0.1, 0.15) is 27.0 Å². The molecule has 1 heterocycles. The van der Waals surface area contributed by atoms with Crippen molar-refractivity contribution in [2.45, 2.75) is 6.92 Å².